The predicted octanol–water partition coefficient (Wildman–Crippen LogP) is 2.72. The molecule has 18 heavy (non-hydrogen) atoms. The normalized spacial score (nSPS) is 13.6. The number of anilines is 1. The molecule has 1 unspecified atom stereocenters. The number of aromatic nitrogens is 1. The van der Waals surface area contributed by atoms with Gasteiger partial charge in [-0.05, 0) is 30.7 Å². The summed E-state index contributed by atoms with van der Waals surface area (Å²) >= 11 is 2.00. The Hall–Kier alpha value is -0.740. The largest absolute Gasteiger partial charge is 0.384 e. The van der Waals surface area contributed by atoms with Crippen LogP contribution >= 0.6 is 11.8 Å². The van der Waals surface area contributed by atoms with Gasteiger partial charge in [-0.15, -0.1) is 0 Å². The van der Waals surface area contributed by atoms with Gasteiger partial charge in [-0.2, -0.15) is 11.8 Å². The summed E-state index contributed by atoms with van der Waals surface area (Å²) in [4.78, 5) is 4.03. The van der Waals surface area contributed by atoms with Crippen molar-refractivity contribution in [2.75, 3.05) is 18.0 Å². The molecule has 1 atom stereocenters. The van der Waals surface area contributed by atoms with Gasteiger partial charge in [0.1, 0.15) is 5.82 Å². The molecular formula is C14H25N3S. The Kier molecular flexibility index (Phi) is 5.96. The Balaban J connectivity index is 2.57. The summed E-state index contributed by atoms with van der Waals surface area (Å²) < 4.78 is 0.310. The minimum Gasteiger partial charge on any atom is -0.384 e. The molecule has 1 rings (SSSR count). The molecule has 1 aromatic rings. The fraction of sp³-hybridized carbons (Fsp3) is 0.643. The molecule has 1 aromatic heterocycles. The van der Waals surface area contributed by atoms with Crippen LogP contribution in [-0.2, 0) is 6.42 Å². The second-order valence-corrected chi connectivity index (χ2v) is 7.32. The highest BCUT2D eigenvalue weighted by Crippen LogP contribution is 2.24. The first-order valence-corrected chi connectivity index (χ1v) is 7.47. The van der Waals surface area contributed by atoms with Crippen molar-refractivity contribution in [1.29, 1.82) is 0 Å². The summed E-state index contributed by atoms with van der Waals surface area (Å²) in [5.41, 5.74) is 6.97. The molecular weight excluding hydrogens is 242 g/mol. The Morgan fingerprint density at radius 3 is 2.72 bits per heavy atom. The number of rotatable bonds is 6. The standard InChI is InChI=1S/C14H25N3S/c1-5-16-12(10-18-14(2,3)4)8-11-6-7-17-13(15)9-11/h6-7,9,12,16H,5,8,10H2,1-4H3,(H2,15,17). The van der Waals surface area contributed by atoms with Crippen molar-refractivity contribution < 1.29 is 0 Å². The van der Waals surface area contributed by atoms with E-state index in [9.17, 15) is 0 Å². The maximum Gasteiger partial charge on any atom is 0.123 e. The number of nitrogens with zero attached hydrogens (tertiary/aromatic N) is 1. The van der Waals surface area contributed by atoms with Crippen LogP contribution in [0.4, 0.5) is 5.82 Å². The first-order valence-electron chi connectivity index (χ1n) is 6.48. The van der Waals surface area contributed by atoms with E-state index in [1.54, 1.807) is 6.20 Å². The van der Waals surface area contributed by atoms with E-state index in [1.807, 2.05) is 23.9 Å². The number of likely N-dealkylation sites (N-methyl/N-ethyl adjacent to an activating group) is 1. The fourth-order valence-corrected chi connectivity index (χ4v) is 2.67. The van der Waals surface area contributed by atoms with E-state index in [0.717, 1.165) is 18.7 Å². The van der Waals surface area contributed by atoms with Crippen LogP contribution in [-0.4, -0.2) is 28.1 Å². The van der Waals surface area contributed by atoms with Gasteiger partial charge in [0.05, 0.1) is 0 Å². The maximum absolute atomic E-state index is 5.71. The van der Waals surface area contributed by atoms with Gasteiger partial charge < -0.3 is 11.1 Å². The van der Waals surface area contributed by atoms with E-state index in [0.29, 0.717) is 16.6 Å². The van der Waals surface area contributed by atoms with Crippen molar-refractivity contribution in [3.05, 3.63) is 23.9 Å². The molecule has 0 fully saturated rings. The van der Waals surface area contributed by atoms with E-state index in [4.69, 9.17) is 5.73 Å². The van der Waals surface area contributed by atoms with Gasteiger partial charge in [-0.1, -0.05) is 27.7 Å². The van der Waals surface area contributed by atoms with Crippen LogP contribution in [0.25, 0.3) is 0 Å². The van der Waals surface area contributed by atoms with Gasteiger partial charge in [0, 0.05) is 22.7 Å². The fourth-order valence-electron chi connectivity index (χ4n) is 1.74. The summed E-state index contributed by atoms with van der Waals surface area (Å²) in [6.45, 7) is 9.91. The zero-order chi connectivity index (χ0) is 13.6. The van der Waals surface area contributed by atoms with E-state index in [-0.39, 0.29) is 0 Å². The molecule has 0 aliphatic carbocycles. The topological polar surface area (TPSA) is 50.9 Å². The molecule has 0 aliphatic heterocycles. The van der Waals surface area contributed by atoms with Crippen LogP contribution in [0, 0.1) is 0 Å². The van der Waals surface area contributed by atoms with Crippen molar-refractivity contribution in [3.63, 3.8) is 0 Å². The predicted molar refractivity (Wildman–Crippen MR) is 82.0 cm³/mol. The van der Waals surface area contributed by atoms with E-state index in [2.05, 4.69) is 38.0 Å². The van der Waals surface area contributed by atoms with Crippen molar-refractivity contribution >= 4 is 17.6 Å². The molecule has 0 radical (unpaired) electrons. The lowest BCUT2D eigenvalue weighted by Crippen LogP contribution is -2.34. The molecule has 0 aliphatic rings. The van der Waals surface area contributed by atoms with Crippen molar-refractivity contribution in [2.24, 2.45) is 0 Å². The minimum absolute atomic E-state index is 0.310. The zero-order valence-electron chi connectivity index (χ0n) is 11.9. The first kappa shape index (κ1) is 15.3. The summed E-state index contributed by atoms with van der Waals surface area (Å²) in [6, 6.07) is 4.50. The van der Waals surface area contributed by atoms with Crippen LogP contribution in [0.3, 0.4) is 0 Å². The second kappa shape index (κ2) is 7.00. The number of thioether (sulfide) groups is 1. The summed E-state index contributed by atoms with van der Waals surface area (Å²) in [6.07, 6.45) is 2.79. The third-order valence-electron chi connectivity index (χ3n) is 2.54. The minimum atomic E-state index is 0.310. The lowest BCUT2D eigenvalue weighted by Gasteiger charge is -2.23. The lowest BCUT2D eigenvalue weighted by atomic mass is 10.1. The van der Waals surface area contributed by atoms with Crippen LogP contribution in [0.15, 0.2) is 18.3 Å². The smallest absolute Gasteiger partial charge is 0.123 e. The first-order chi connectivity index (χ1) is 8.40. The number of nitrogens with one attached hydrogen (secondary N) is 1. The summed E-state index contributed by atoms with van der Waals surface area (Å²) in [5, 5.41) is 3.54. The molecule has 1 heterocycles. The monoisotopic (exact) mass is 267 g/mol. The number of hydrogen-bond acceptors (Lipinski definition) is 4. The molecule has 3 N–H and O–H groups in total. The van der Waals surface area contributed by atoms with E-state index in [1.165, 1.54) is 5.56 Å². The number of nitrogen functional groups attached to an aromatic ring is 1. The van der Waals surface area contributed by atoms with Crippen molar-refractivity contribution in [1.82, 2.24) is 10.3 Å². The number of hydrogen-bond donors (Lipinski definition) is 2. The molecule has 0 spiro atoms. The van der Waals surface area contributed by atoms with E-state index >= 15 is 0 Å². The van der Waals surface area contributed by atoms with Gasteiger partial charge in [0.25, 0.3) is 0 Å². The average Bonchev–Trinajstić information content (AvgIpc) is 2.25. The Labute approximate surface area is 115 Å². The molecule has 3 nitrogen and oxygen atoms in total. The Morgan fingerprint density at radius 2 is 2.17 bits per heavy atom. The Morgan fingerprint density at radius 1 is 1.44 bits per heavy atom. The molecule has 0 bridgehead atoms. The molecule has 102 valence electrons. The number of pyridine rings is 1. The van der Waals surface area contributed by atoms with Gasteiger partial charge in [-0.3, -0.25) is 0 Å². The Bertz CT molecular complexity index is 360. The molecule has 0 saturated carbocycles. The molecule has 0 saturated heterocycles. The van der Waals surface area contributed by atoms with Gasteiger partial charge in [0.15, 0.2) is 0 Å². The van der Waals surface area contributed by atoms with Crippen molar-refractivity contribution in [2.45, 2.75) is 44.9 Å². The van der Waals surface area contributed by atoms with E-state index < -0.39 is 0 Å². The van der Waals surface area contributed by atoms with Crippen LogP contribution in [0.1, 0.15) is 33.3 Å². The highest BCUT2D eigenvalue weighted by atomic mass is 32.2. The van der Waals surface area contributed by atoms with Crippen LogP contribution in [0.5, 0.6) is 0 Å². The third-order valence-corrected chi connectivity index (χ3v) is 3.97. The SMILES string of the molecule is CCNC(CSC(C)(C)C)Cc1ccnc(N)c1. The van der Waals surface area contributed by atoms with Crippen molar-refractivity contribution in [3.8, 4) is 0 Å². The summed E-state index contributed by atoms with van der Waals surface area (Å²) in [7, 11) is 0. The molecule has 4 heteroatoms. The second-order valence-electron chi connectivity index (χ2n) is 5.47. The number of nitrogens with two attached hydrogens (primary N) is 1. The molecule has 0 aromatic carbocycles. The quantitative estimate of drug-likeness (QED) is 0.832. The highest BCUT2D eigenvalue weighted by Gasteiger charge is 2.15. The third kappa shape index (κ3) is 6.26. The molecule has 0 amide bonds. The van der Waals surface area contributed by atoms with Crippen LogP contribution in [0.2, 0.25) is 0 Å². The highest BCUT2D eigenvalue weighted by molar-refractivity contribution is 8.00. The van der Waals surface area contributed by atoms with Gasteiger partial charge in [0.2, 0.25) is 0 Å². The van der Waals surface area contributed by atoms with Gasteiger partial charge in [-0.25, -0.2) is 4.98 Å². The maximum atomic E-state index is 5.71. The average molecular weight is 267 g/mol. The summed E-state index contributed by atoms with van der Waals surface area (Å²) in [5.74, 6) is 1.71. The zero-order valence-corrected chi connectivity index (χ0v) is 12.7. The van der Waals surface area contributed by atoms with Gasteiger partial charge >= 0.3 is 0 Å². The van der Waals surface area contributed by atoms with Crippen LogP contribution < -0.4 is 11.1 Å². The lowest BCUT2D eigenvalue weighted by molar-refractivity contribution is 0.570.